The number of rotatable bonds is 5. The fourth-order valence-electron chi connectivity index (χ4n) is 2.22. The molecule has 0 aliphatic rings. The Hall–Kier alpha value is -3.05. The summed E-state index contributed by atoms with van der Waals surface area (Å²) in [6.07, 6.45) is 1.45. The molecule has 2 amide bonds. The Morgan fingerprint density at radius 2 is 1.76 bits per heavy atom. The first-order valence-electron chi connectivity index (χ1n) is 7.59. The van der Waals surface area contributed by atoms with Crippen LogP contribution in [0.1, 0.15) is 26.5 Å². The summed E-state index contributed by atoms with van der Waals surface area (Å²) in [5.74, 6) is -0.262. The van der Waals surface area contributed by atoms with Crippen molar-refractivity contribution in [3.8, 4) is 0 Å². The van der Waals surface area contributed by atoms with Gasteiger partial charge in [-0.05, 0) is 48.0 Å². The van der Waals surface area contributed by atoms with Crippen LogP contribution >= 0.6 is 11.6 Å². The minimum Gasteiger partial charge on any atom is -0.459 e. The number of hydrogen-bond donors (Lipinski definition) is 2. The van der Waals surface area contributed by atoms with E-state index < -0.39 is 0 Å². The zero-order chi connectivity index (χ0) is 17.6. The maximum atomic E-state index is 12.1. The lowest BCUT2D eigenvalue weighted by Gasteiger charge is -2.07. The highest BCUT2D eigenvalue weighted by Crippen LogP contribution is 2.13. The average Bonchev–Trinajstić information content (AvgIpc) is 3.16. The molecule has 2 aromatic carbocycles. The highest BCUT2D eigenvalue weighted by molar-refractivity contribution is 6.30. The van der Waals surface area contributed by atoms with Crippen LogP contribution in [0, 0.1) is 0 Å². The number of anilines is 1. The number of hydrogen-bond acceptors (Lipinski definition) is 3. The summed E-state index contributed by atoms with van der Waals surface area (Å²) in [6.45, 7) is 0.373. The molecule has 126 valence electrons. The second-order valence-corrected chi connectivity index (χ2v) is 5.76. The predicted molar refractivity (Wildman–Crippen MR) is 95.7 cm³/mol. The first-order chi connectivity index (χ1) is 12.1. The summed E-state index contributed by atoms with van der Waals surface area (Å²) < 4.78 is 5.04. The normalized spacial score (nSPS) is 10.3. The quantitative estimate of drug-likeness (QED) is 0.724. The van der Waals surface area contributed by atoms with Crippen LogP contribution in [0.3, 0.4) is 0 Å². The molecule has 25 heavy (non-hydrogen) atoms. The SMILES string of the molecule is O=C(NCc1ccc(NC(=O)c2ccco2)cc1)c1cccc(Cl)c1. The van der Waals surface area contributed by atoms with E-state index in [0.29, 0.717) is 22.8 Å². The van der Waals surface area contributed by atoms with Gasteiger partial charge >= 0.3 is 0 Å². The maximum Gasteiger partial charge on any atom is 0.291 e. The van der Waals surface area contributed by atoms with E-state index in [2.05, 4.69) is 10.6 Å². The van der Waals surface area contributed by atoms with Gasteiger partial charge in [0.25, 0.3) is 11.8 Å². The fourth-order valence-corrected chi connectivity index (χ4v) is 2.41. The van der Waals surface area contributed by atoms with Crippen LogP contribution in [0.25, 0.3) is 0 Å². The average molecular weight is 355 g/mol. The predicted octanol–water partition coefficient (Wildman–Crippen LogP) is 4.12. The molecule has 0 saturated heterocycles. The molecular formula is C19H15ClN2O3. The number of carbonyl (C=O) groups excluding carboxylic acids is 2. The van der Waals surface area contributed by atoms with Gasteiger partial charge in [-0.2, -0.15) is 0 Å². The smallest absolute Gasteiger partial charge is 0.291 e. The molecule has 3 rings (SSSR count). The highest BCUT2D eigenvalue weighted by Gasteiger charge is 2.09. The van der Waals surface area contributed by atoms with Gasteiger partial charge < -0.3 is 15.1 Å². The van der Waals surface area contributed by atoms with Gasteiger partial charge in [-0.3, -0.25) is 9.59 Å². The molecule has 0 saturated carbocycles. The lowest BCUT2D eigenvalue weighted by atomic mass is 10.2. The first kappa shape index (κ1) is 16.8. The van der Waals surface area contributed by atoms with E-state index in [1.54, 1.807) is 48.5 Å². The van der Waals surface area contributed by atoms with E-state index in [-0.39, 0.29) is 17.6 Å². The molecule has 0 aliphatic carbocycles. The van der Waals surface area contributed by atoms with Gasteiger partial charge in [-0.1, -0.05) is 29.8 Å². The third-order valence-corrected chi connectivity index (χ3v) is 3.73. The van der Waals surface area contributed by atoms with Crippen LogP contribution in [0.5, 0.6) is 0 Å². The lowest BCUT2D eigenvalue weighted by Crippen LogP contribution is -2.22. The molecule has 0 spiro atoms. The number of halogens is 1. The molecule has 0 fully saturated rings. The van der Waals surface area contributed by atoms with Gasteiger partial charge in [0.05, 0.1) is 6.26 Å². The van der Waals surface area contributed by atoms with Crippen molar-refractivity contribution in [1.82, 2.24) is 5.32 Å². The van der Waals surface area contributed by atoms with Crippen LogP contribution in [0.2, 0.25) is 5.02 Å². The third kappa shape index (κ3) is 4.49. The molecular weight excluding hydrogens is 340 g/mol. The van der Waals surface area contributed by atoms with E-state index >= 15 is 0 Å². The Balaban J connectivity index is 1.56. The highest BCUT2D eigenvalue weighted by atomic mass is 35.5. The molecule has 0 radical (unpaired) electrons. The monoisotopic (exact) mass is 354 g/mol. The van der Waals surface area contributed by atoms with Crippen LogP contribution in [0.15, 0.2) is 71.3 Å². The molecule has 2 N–H and O–H groups in total. The van der Waals surface area contributed by atoms with Crippen LogP contribution in [-0.2, 0) is 6.54 Å². The van der Waals surface area contributed by atoms with E-state index in [1.807, 2.05) is 12.1 Å². The standard InChI is InChI=1S/C19H15ClN2O3/c20-15-4-1-3-14(11-15)18(23)21-12-13-6-8-16(9-7-13)22-19(24)17-5-2-10-25-17/h1-11H,12H2,(H,21,23)(H,22,24). The van der Waals surface area contributed by atoms with Gasteiger partial charge in [0, 0.05) is 22.8 Å². The fraction of sp³-hybridized carbons (Fsp3) is 0.0526. The number of amides is 2. The molecule has 5 nitrogen and oxygen atoms in total. The summed E-state index contributed by atoms with van der Waals surface area (Å²) in [7, 11) is 0. The van der Waals surface area contributed by atoms with Crippen molar-refractivity contribution in [3.63, 3.8) is 0 Å². The molecule has 0 atom stereocenters. The van der Waals surface area contributed by atoms with Crippen molar-refractivity contribution < 1.29 is 14.0 Å². The van der Waals surface area contributed by atoms with Gasteiger partial charge in [0.15, 0.2) is 5.76 Å². The third-order valence-electron chi connectivity index (χ3n) is 3.50. The molecule has 0 unspecified atom stereocenters. The van der Waals surface area contributed by atoms with Gasteiger partial charge in [0.2, 0.25) is 0 Å². The Kier molecular flexibility index (Phi) is 5.16. The zero-order valence-electron chi connectivity index (χ0n) is 13.2. The maximum absolute atomic E-state index is 12.1. The Morgan fingerprint density at radius 3 is 2.44 bits per heavy atom. The van der Waals surface area contributed by atoms with Crippen molar-refractivity contribution in [2.45, 2.75) is 6.54 Å². The van der Waals surface area contributed by atoms with E-state index in [0.717, 1.165) is 5.56 Å². The van der Waals surface area contributed by atoms with E-state index in [9.17, 15) is 9.59 Å². The molecule has 0 bridgehead atoms. The number of nitrogens with one attached hydrogen (secondary N) is 2. The minimum absolute atomic E-state index is 0.197. The molecule has 3 aromatic rings. The van der Waals surface area contributed by atoms with Crippen molar-refractivity contribution in [3.05, 3.63) is 88.8 Å². The summed E-state index contributed by atoms with van der Waals surface area (Å²) in [6, 6.07) is 17.2. The van der Waals surface area contributed by atoms with Crippen LogP contribution in [-0.4, -0.2) is 11.8 Å². The molecule has 0 aliphatic heterocycles. The van der Waals surface area contributed by atoms with Crippen molar-refractivity contribution in [2.24, 2.45) is 0 Å². The lowest BCUT2D eigenvalue weighted by molar-refractivity contribution is 0.0950. The summed E-state index contributed by atoms with van der Waals surface area (Å²) >= 11 is 5.88. The zero-order valence-corrected chi connectivity index (χ0v) is 13.9. The number of benzene rings is 2. The second-order valence-electron chi connectivity index (χ2n) is 5.32. The van der Waals surface area contributed by atoms with Gasteiger partial charge in [-0.15, -0.1) is 0 Å². The number of furan rings is 1. The molecule has 1 heterocycles. The second kappa shape index (κ2) is 7.68. The topological polar surface area (TPSA) is 71.3 Å². The van der Waals surface area contributed by atoms with Crippen LogP contribution < -0.4 is 10.6 Å². The first-order valence-corrected chi connectivity index (χ1v) is 7.97. The van der Waals surface area contributed by atoms with Gasteiger partial charge in [-0.25, -0.2) is 0 Å². The summed E-state index contributed by atoms with van der Waals surface area (Å²) in [5.41, 5.74) is 2.06. The number of carbonyl (C=O) groups is 2. The summed E-state index contributed by atoms with van der Waals surface area (Å²) in [5, 5.41) is 6.08. The van der Waals surface area contributed by atoms with E-state index in [1.165, 1.54) is 6.26 Å². The minimum atomic E-state index is -0.313. The van der Waals surface area contributed by atoms with Crippen molar-refractivity contribution in [2.75, 3.05) is 5.32 Å². The Bertz CT molecular complexity index is 874. The van der Waals surface area contributed by atoms with Crippen molar-refractivity contribution >= 4 is 29.1 Å². The van der Waals surface area contributed by atoms with Gasteiger partial charge in [0.1, 0.15) is 0 Å². The van der Waals surface area contributed by atoms with Crippen molar-refractivity contribution in [1.29, 1.82) is 0 Å². The molecule has 1 aromatic heterocycles. The van der Waals surface area contributed by atoms with E-state index in [4.69, 9.17) is 16.0 Å². The largest absolute Gasteiger partial charge is 0.459 e. The Morgan fingerprint density at radius 1 is 0.960 bits per heavy atom. The van der Waals surface area contributed by atoms with Crippen LogP contribution in [0.4, 0.5) is 5.69 Å². The molecule has 6 heteroatoms. The summed E-state index contributed by atoms with van der Waals surface area (Å²) in [4.78, 5) is 24.0. The Labute approximate surface area is 149 Å².